The first kappa shape index (κ1) is 27.5. The third kappa shape index (κ3) is 7.50. The predicted octanol–water partition coefficient (Wildman–Crippen LogP) is 0.958. The summed E-state index contributed by atoms with van der Waals surface area (Å²) in [7, 11) is -2.55. The number of hydrogen-bond acceptors (Lipinski definition) is 6. The van der Waals surface area contributed by atoms with Crippen molar-refractivity contribution in [2.75, 3.05) is 13.2 Å². The zero-order valence-corrected chi connectivity index (χ0v) is 20.4. The van der Waals surface area contributed by atoms with Crippen LogP contribution in [0.2, 0.25) is 5.04 Å². The third-order valence-electron chi connectivity index (χ3n) is 5.36. The van der Waals surface area contributed by atoms with Crippen LogP contribution in [0, 0.1) is 0 Å². The molecule has 31 heavy (non-hydrogen) atoms. The summed E-state index contributed by atoms with van der Waals surface area (Å²) in [5, 5.41) is 28.9. The molecule has 6 nitrogen and oxygen atoms in total. The van der Waals surface area contributed by atoms with Crippen LogP contribution in [-0.4, -0.2) is 61.1 Å². The van der Waals surface area contributed by atoms with Crippen molar-refractivity contribution in [3.05, 3.63) is 60.7 Å². The van der Waals surface area contributed by atoms with E-state index in [1.54, 1.807) is 13.8 Å². The van der Waals surface area contributed by atoms with Crippen LogP contribution in [0.15, 0.2) is 60.7 Å². The molecule has 2 aromatic rings. The number of aliphatic hydroxyl groups is 3. The van der Waals surface area contributed by atoms with E-state index in [2.05, 4.69) is 69.3 Å². The van der Waals surface area contributed by atoms with Crippen molar-refractivity contribution in [2.24, 2.45) is 11.5 Å². The highest BCUT2D eigenvalue weighted by Gasteiger charge is 2.50. The van der Waals surface area contributed by atoms with Gasteiger partial charge in [0.05, 0.1) is 37.5 Å². The van der Waals surface area contributed by atoms with Crippen LogP contribution >= 0.6 is 0 Å². The maximum Gasteiger partial charge on any atom is 0.261 e. The smallest absolute Gasteiger partial charge is 0.261 e. The van der Waals surface area contributed by atoms with Gasteiger partial charge in [0.2, 0.25) is 0 Å². The first-order valence-corrected chi connectivity index (χ1v) is 12.6. The minimum absolute atomic E-state index is 0.0753. The van der Waals surface area contributed by atoms with Gasteiger partial charge in [-0.1, -0.05) is 81.4 Å². The largest absolute Gasteiger partial charge is 0.406 e. The van der Waals surface area contributed by atoms with Crippen molar-refractivity contribution in [3.8, 4) is 0 Å². The van der Waals surface area contributed by atoms with Gasteiger partial charge >= 0.3 is 0 Å². The van der Waals surface area contributed by atoms with Crippen LogP contribution in [0.3, 0.4) is 0 Å². The van der Waals surface area contributed by atoms with Crippen molar-refractivity contribution >= 4 is 18.7 Å². The van der Waals surface area contributed by atoms with Crippen LogP contribution in [0.25, 0.3) is 0 Å². The van der Waals surface area contributed by atoms with E-state index in [4.69, 9.17) is 26.1 Å². The summed E-state index contributed by atoms with van der Waals surface area (Å²) in [6, 6.07) is 20.0. The Hall–Kier alpha value is -1.58. The minimum Gasteiger partial charge on any atom is -0.406 e. The molecule has 0 fully saturated rings. The number of hydrogen-bond donors (Lipinski definition) is 5. The molecule has 0 aliphatic heterocycles. The summed E-state index contributed by atoms with van der Waals surface area (Å²) in [6.07, 6.45) is -1.20. The highest BCUT2D eigenvalue weighted by atomic mass is 28.4. The summed E-state index contributed by atoms with van der Waals surface area (Å²) in [5.41, 5.74) is 11.2. The maximum absolute atomic E-state index is 9.77. The van der Waals surface area contributed by atoms with E-state index >= 15 is 0 Å². The van der Waals surface area contributed by atoms with Gasteiger partial charge in [-0.15, -0.1) is 0 Å². The molecule has 0 bridgehead atoms. The van der Waals surface area contributed by atoms with E-state index in [1.165, 1.54) is 10.4 Å². The van der Waals surface area contributed by atoms with Crippen molar-refractivity contribution < 1.29 is 19.7 Å². The Morgan fingerprint density at radius 2 is 1.19 bits per heavy atom. The second-order valence-corrected chi connectivity index (χ2v) is 13.3. The number of aliphatic hydroxyl groups excluding tert-OH is 3. The van der Waals surface area contributed by atoms with Crippen LogP contribution in [-0.2, 0) is 4.43 Å². The van der Waals surface area contributed by atoms with Gasteiger partial charge in [0.25, 0.3) is 8.32 Å². The van der Waals surface area contributed by atoms with Crippen LogP contribution in [0.1, 0.15) is 34.6 Å². The summed E-state index contributed by atoms with van der Waals surface area (Å²) in [6.45, 7) is 10.1. The molecule has 0 saturated carbocycles. The molecule has 4 atom stereocenters. The van der Waals surface area contributed by atoms with Crippen molar-refractivity contribution in [1.29, 1.82) is 0 Å². The van der Waals surface area contributed by atoms with Crippen molar-refractivity contribution in [2.45, 2.75) is 63.9 Å². The lowest BCUT2D eigenvalue weighted by Crippen LogP contribution is -2.67. The first-order valence-electron chi connectivity index (χ1n) is 10.7. The van der Waals surface area contributed by atoms with Gasteiger partial charge in [-0.05, 0) is 29.3 Å². The topological polar surface area (TPSA) is 122 Å². The number of benzene rings is 2. The van der Waals surface area contributed by atoms with Gasteiger partial charge in [-0.2, -0.15) is 0 Å². The molecule has 0 aliphatic rings. The average molecular weight is 449 g/mol. The predicted molar refractivity (Wildman–Crippen MR) is 130 cm³/mol. The number of nitrogens with two attached hydrogens (primary N) is 2. The molecule has 2 aromatic carbocycles. The normalized spacial score (nSPS) is 15.9. The van der Waals surface area contributed by atoms with Gasteiger partial charge in [0.1, 0.15) is 0 Å². The van der Waals surface area contributed by atoms with Crippen molar-refractivity contribution in [3.63, 3.8) is 0 Å². The summed E-state index contributed by atoms with van der Waals surface area (Å²) < 4.78 is 6.64. The number of rotatable bonds is 8. The molecule has 0 saturated heterocycles. The van der Waals surface area contributed by atoms with Gasteiger partial charge in [-0.25, -0.2) is 0 Å². The molecule has 0 amide bonds. The zero-order valence-electron chi connectivity index (χ0n) is 19.4. The lowest BCUT2D eigenvalue weighted by molar-refractivity contribution is 0.123. The molecule has 0 aliphatic carbocycles. The third-order valence-corrected chi connectivity index (χ3v) is 10.4. The van der Waals surface area contributed by atoms with Gasteiger partial charge < -0.3 is 31.2 Å². The zero-order chi connectivity index (χ0) is 23.7. The van der Waals surface area contributed by atoms with Gasteiger partial charge in [0.15, 0.2) is 0 Å². The Morgan fingerprint density at radius 1 is 0.806 bits per heavy atom. The first-order chi connectivity index (χ1) is 14.5. The fourth-order valence-corrected chi connectivity index (χ4v) is 7.87. The van der Waals surface area contributed by atoms with E-state index in [1.807, 2.05) is 12.1 Å². The van der Waals surface area contributed by atoms with Gasteiger partial charge in [-0.3, -0.25) is 0 Å². The van der Waals surface area contributed by atoms with E-state index in [-0.39, 0.29) is 11.6 Å². The van der Waals surface area contributed by atoms with Gasteiger partial charge in [0, 0.05) is 0 Å². The van der Waals surface area contributed by atoms with Crippen LogP contribution < -0.4 is 21.8 Å². The minimum atomic E-state index is -2.55. The van der Waals surface area contributed by atoms with Crippen LogP contribution in [0.5, 0.6) is 0 Å². The van der Waals surface area contributed by atoms with E-state index in [0.29, 0.717) is 6.61 Å². The Morgan fingerprint density at radius 3 is 1.45 bits per heavy atom. The molecule has 7 N–H and O–H groups in total. The molecular weight excluding hydrogens is 408 g/mol. The Kier molecular flexibility index (Phi) is 11.0. The molecule has 0 heterocycles. The highest BCUT2D eigenvalue weighted by molar-refractivity contribution is 6.99. The quantitative estimate of drug-likeness (QED) is 0.384. The molecule has 0 spiro atoms. The Labute approximate surface area is 188 Å². The maximum atomic E-state index is 9.77. The molecule has 7 heteroatoms. The standard InChI is InChI=1S/C20H29NO2Si.C4H11NO2/c1-16(22)19(21)15-23-24(20(2,3)4,17-11-7-5-8-12-17)18-13-9-6-10-14-18;1-3(7)4(5)2-6/h5-14,16,19,22H,15,21H2,1-4H3;3-4,6-7H,2,5H2,1H3/t16-,19+;3-,4+/m11/s1. The monoisotopic (exact) mass is 448 g/mol. The van der Waals surface area contributed by atoms with E-state index in [9.17, 15) is 5.11 Å². The SMILES string of the molecule is C[C@@H](O)[C@@H](N)CO.C[C@@H](O)[C@@H](N)CO[Si](c1ccccc1)(c1ccccc1)C(C)(C)C. The molecular formula is C24H40N2O4Si. The lowest BCUT2D eigenvalue weighted by atomic mass is 10.2. The van der Waals surface area contributed by atoms with E-state index in [0.717, 1.165) is 0 Å². The molecule has 0 aromatic heterocycles. The fourth-order valence-electron chi connectivity index (χ4n) is 3.27. The molecule has 0 unspecified atom stereocenters. The van der Waals surface area contributed by atoms with Crippen LogP contribution in [0.4, 0.5) is 0 Å². The lowest BCUT2D eigenvalue weighted by Gasteiger charge is -2.43. The van der Waals surface area contributed by atoms with E-state index < -0.39 is 32.6 Å². The Bertz CT molecular complexity index is 697. The second kappa shape index (κ2) is 12.5. The van der Waals surface area contributed by atoms with Crippen molar-refractivity contribution in [1.82, 2.24) is 0 Å². The molecule has 174 valence electrons. The second-order valence-electron chi connectivity index (χ2n) is 8.97. The Balaban J connectivity index is 0.000000592. The summed E-state index contributed by atoms with van der Waals surface area (Å²) >= 11 is 0. The fraction of sp³-hybridized carbons (Fsp3) is 0.500. The summed E-state index contributed by atoms with van der Waals surface area (Å²) in [4.78, 5) is 0. The highest BCUT2D eigenvalue weighted by Crippen LogP contribution is 2.36. The average Bonchev–Trinajstić information content (AvgIpc) is 2.74. The summed E-state index contributed by atoms with van der Waals surface area (Å²) in [5.74, 6) is 0. The molecule has 0 radical (unpaired) electrons. The molecule has 2 rings (SSSR count).